The number of halogens is 1. The highest BCUT2D eigenvalue weighted by Gasteiger charge is 2.25. The van der Waals surface area contributed by atoms with Gasteiger partial charge < -0.3 is 8.98 Å². The van der Waals surface area contributed by atoms with Gasteiger partial charge in [0, 0.05) is 36.0 Å². The van der Waals surface area contributed by atoms with E-state index < -0.39 is 17.6 Å². The van der Waals surface area contributed by atoms with Gasteiger partial charge in [-0.2, -0.15) is 0 Å². The molecule has 3 nitrogen and oxygen atoms in total. The van der Waals surface area contributed by atoms with E-state index in [1.165, 1.54) is 6.07 Å². The summed E-state index contributed by atoms with van der Waals surface area (Å²) in [5.41, 5.74) is 4.14. The van der Waals surface area contributed by atoms with Crippen LogP contribution in [0, 0.1) is 11.2 Å². The number of nitrogens with zero attached hydrogens (tertiary/aromatic N) is 2. The maximum Gasteiger partial charge on any atom is 0.162 e. The normalized spacial score (nSPS) is 13.5. The van der Waals surface area contributed by atoms with Crippen LogP contribution in [0.4, 0.5) is 4.39 Å². The highest BCUT2D eigenvalue weighted by Crippen LogP contribution is 2.43. The minimum absolute atomic E-state index is 0.306. The summed E-state index contributed by atoms with van der Waals surface area (Å²) >= 11 is 0. The molecule has 0 saturated heterocycles. The van der Waals surface area contributed by atoms with Crippen molar-refractivity contribution >= 4 is 43.7 Å². The highest BCUT2D eigenvalue weighted by molar-refractivity contribution is 6.15. The number of para-hydroxylation sites is 2. The van der Waals surface area contributed by atoms with Gasteiger partial charge in [0.25, 0.3) is 0 Å². The second kappa shape index (κ2) is 8.29. The van der Waals surface area contributed by atoms with E-state index in [4.69, 9.17) is 4.42 Å². The molecule has 38 heavy (non-hydrogen) atoms. The molecule has 0 N–H and O–H groups in total. The first kappa shape index (κ1) is 20.6. The van der Waals surface area contributed by atoms with Crippen molar-refractivity contribution < 1.29 is 11.5 Å². The van der Waals surface area contributed by atoms with Crippen LogP contribution in [0.15, 0.2) is 102 Å². The van der Waals surface area contributed by atoms with Crippen molar-refractivity contribution in [1.29, 1.82) is 0 Å². The Morgan fingerprint density at radius 2 is 1.47 bits per heavy atom. The van der Waals surface area contributed by atoms with Crippen molar-refractivity contribution in [3.63, 3.8) is 0 Å². The van der Waals surface area contributed by atoms with E-state index in [-0.39, 0.29) is 0 Å². The standard InChI is InChI=1S/C34H27FN2O/c1-34(2,3)20-21-15-16-24(27-12-8-9-19-36-27)32-30(21)25-17-18-26(35)31(33(25)38-32)37-28-13-6-4-10-22(28)23-11-5-7-14-29(23)37/h4-19H,20H2,1-3H3/i20D2. The van der Waals surface area contributed by atoms with E-state index in [2.05, 4.69) is 4.98 Å². The third-order valence-corrected chi connectivity index (χ3v) is 6.97. The number of furan rings is 1. The molecule has 0 atom stereocenters. The van der Waals surface area contributed by atoms with E-state index in [0.717, 1.165) is 27.4 Å². The van der Waals surface area contributed by atoms with E-state index in [0.29, 0.717) is 38.9 Å². The average Bonchev–Trinajstić information content (AvgIpc) is 3.49. The van der Waals surface area contributed by atoms with Gasteiger partial charge in [0.05, 0.1) is 16.7 Å². The van der Waals surface area contributed by atoms with Gasteiger partial charge in [0.2, 0.25) is 0 Å². The maximum atomic E-state index is 16.0. The SMILES string of the molecule is [2H]C([2H])(c1ccc(-c2ccccn2)c2oc3c(-n4c5ccccc5c5ccccc54)c(F)ccc3c12)C(C)(C)C. The molecular formula is C34H27FN2O. The second-order valence-corrected chi connectivity index (χ2v) is 10.7. The van der Waals surface area contributed by atoms with Crippen molar-refractivity contribution in [2.24, 2.45) is 5.41 Å². The molecule has 0 aliphatic rings. The Bertz CT molecular complexity index is 2030. The van der Waals surface area contributed by atoms with Crippen molar-refractivity contribution in [3.8, 4) is 16.9 Å². The molecule has 0 spiro atoms. The van der Waals surface area contributed by atoms with Gasteiger partial charge in [-0.05, 0) is 59.8 Å². The zero-order valence-corrected chi connectivity index (χ0v) is 21.4. The number of fused-ring (bicyclic) bond motifs is 6. The molecule has 0 fully saturated rings. The lowest BCUT2D eigenvalue weighted by atomic mass is 9.85. The van der Waals surface area contributed by atoms with Crippen LogP contribution in [0.5, 0.6) is 0 Å². The molecule has 186 valence electrons. The second-order valence-electron chi connectivity index (χ2n) is 10.7. The van der Waals surface area contributed by atoms with E-state index in [1.54, 1.807) is 12.3 Å². The third kappa shape index (κ3) is 3.44. The van der Waals surface area contributed by atoms with Crippen molar-refractivity contribution in [3.05, 3.63) is 109 Å². The largest absolute Gasteiger partial charge is 0.453 e. The summed E-state index contributed by atoms with van der Waals surface area (Å²) in [6.45, 7) is 5.66. The Morgan fingerprint density at radius 3 is 2.13 bits per heavy atom. The highest BCUT2D eigenvalue weighted by atomic mass is 19.1. The van der Waals surface area contributed by atoms with Crippen molar-refractivity contribution in [1.82, 2.24) is 9.55 Å². The Kier molecular flexibility index (Phi) is 4.49. The first-order valence-electron chi connectivity index (χ1n) is 13.8. The van der Waals surface area contributed by atoms with Crippen LogP contribution >= 0.6 is 0 Å². The number of hydrogen-bond acceptors (Lipinski definition) is 2. The molecule has 0 radical (unpaired) electrons. The summed E-state index contributed by atoms with van der Waals surface area (Å²) in [4.78, 5) is 4.55. The lowest BCUT2D eigenvalue weighted by Gasteiger charge is -2.19. The summed E-state index contributed by atoms with van der Waals surface area (Å²) in [6.07, 6.45) is 0.0153. The summed E-state index contributed by atoms with van der Waals surface area (Å²) < 4.78 is 43.0. The topological polar surface area (TPSA) is 31.0 Å². The first-order chi connectivity index (χ1) is 19.2. The minimum Gasteiger partial charge on any atom is -0.453 e. The van der Waals surface area contributed by atoms with Crippen molar-refractivity contribution in [2.45, 2.75) is 27.1 Å². The van der Waals surface area contributed by atoms with Crippen molar-refractivity contribution in [2.75, 3.05) is 0 Å². The van der Waals surface area contributed by atoms with Crippen LogP contribution < -0.4 is 0 Å². The van der Waals surface area contributed by atoms with Gasteiger partial charge in [-0.15, -0.1) is 0 Å². The molecule has 3 aromatic heterocycles. The molecule has 7 rings (SSSR count). The quantitative estimate of drug-likeness (QED) is 0.242. The van der Waals surface area contributed by atoms with E-state index in [1.807, 2.05) is 104 Å². The fraction of sp³-hybridized carbons (Fsp3) is 0.147. The van der Waals surface area contributed by atoms with Gasteiger partial charge in [-0.1, -0.05) is 69.3 Å². The molecule has 4 heteroatoms. The third-order valence-electron chi connectivity index (χ3n) is 6.97. The summed E-state index contributed by atoms with van der Waals surface area (Å²) in [5.74, 6) is -0.419. The smallest absolute Gasteiger partial charge is 0.162 e. The number of rotatable bonds is 3. The van der Waals surface area contributed by atoms with Gasteiger partial charge in [0.1, 0.15) is 11.3 Å². The number of pyridine rings is 1. The van der Waals surface area contributed by atoms with Crippen LogP contribution in [-0.2, 0) is 6.37 Å². The lowest BCUT2D eigenvalue weighted by molar-refractivity contribution is 0.412. The van der Waals surface area contributed by atoms with Gasteiger partial charge in [-0.3, -0.25) is 4.98 Å². The van der Waals surface area contributed by atoms with Crippen LogP contribution in [0.25, 0.3) is 60.7 Å². The molecule has 0 saturated carbocycles. The van der Waals surface area contributed by atoms with Crippen LogP contribution in [0.3, 0.4) is 0 Å². The first-order valence-corrected chi connectivity index (χ1v) is 12.8. The molecule has 0 unspecified atom stereocenters. The predicted octanol–water partition coefficient (Wildman–Crippen LogP) is 9.47. The fourth-order valence-corrected chi connectivity index (χ4v) is 5.51. The zero-order chi connectivity index (χ0) is 27.8. The maximum absolute atomic E-state index is 16.0. The molecule has 3 heterocycles. The Labute approximate surface area is 223 Å². The van der Waals surface area contributed by atoms with Crippen LogP contribution in [0.2, 0.25) is 0 Å². The molecule has 0 bridgehead atoms. The van der Waals surface area contributed by atoms with Gasteiger partial charge in [0.15, 0.2) is 11.4 Å². The average molecular weight is 501 g/mol. The van der Waals surface area contributed by atoms with Gasteiger partial charge >= 0.3 is 0 Å². The summed E-state index contributed by atoms with van der Waals surface area (Å²) in [5, 5.41) is 3.34. The lowest BCUT2D eigenvalue weighted by Crippen LogP contribution is -2.09. The monoisotopic (exact) mass is 500 g/mol. The summed E-state index contributed by atoms with van der Waals surface area (Å²) in [7, 11) is 0. The molecule has 7 aromatic rings. The number of benzene rings is 4. The molecule has 4 aromatic carbocycles. The van der Waals surface area contributed by atoms with E-state index >= 15 is 4.39 Å². The van der Waals surface area contributed by atoms with Gasteiger partial charge in [-0.25, -0.2) is 4.39 Å². The Balaban J connectivity index is 1.67. The Morgan fingerprint density at radius 1 is 0.789 bits per heavy atom. The van der Waals surface area contributed by atoms with Crippen LogP contribution in [-0.4, -0.2) is 9.55 Å². The van der Waals surface area contributed by atoms with Crippen LogP contribution in [0.1, 0.15) is 29.1 Å². The van der Waals surface area contributed by atoms with E-state index in [9.17, 15) is 2.74 Å². The summed E-state index contributed by atoms with van der Waals surface area (Å²) in [6, 6.07) is 28.4. The number of aromatic nitrogens is 2. The zero-order valence-electron chi connectivity index (χ0n) is 23.4. The molecule has 0 aliphatic heterocycles. The fourth-order valence-electron chi connectivity index (χ4n) is 5.51. The Hall–Kier alpha value is -4.44. The molecule has 0 aliphatic carbocycles. The molecular weight excluding hydrogens is 471 g/mol. The predicted molar refractivity (Wildman–Crippen MR) is 154 cm³/mol. The molecule has 0 amide bonds. The number of hydrogen-bond donors (Lipinski definition) is 0. The minimum atomic E-state index is -1.70.